The van der Waals surface area contributed by atoms with Gasteiger partial charge in [-0.05, 0) is 54.2 Å². The maximum atomic E-state index is 13.3. The van der Waals surface area contributed by atoms with Crippen LogP contribution < -0.4 is 10.0 Å². The maximum absolute atomic E-state index is 13.3. The van der Waals surface area contributed by atoms with Gasteiger partial charge in [-0.2, -0.15) is 4.72 Å². The van der Waals surface area contributed by atoms with Crippen LogP contribution in [0.3, 0.4) is 0 Å². The molecule has 0 saturated heterocycles. The van der Waals surface area contributed by atoms with Gasteiger partial charge >= 0.3 is 7.12 Å². The van der Waals surface area contributed by atoms with E-state index in [1.165, 1.54) is 12.1 Å². The summed E-state index contributed by atoms with van der Waals surface area (Å²) in [5, 5.41) is 24.0. The molecule has 3 aromatic carbocycles. The first-order valence-corrected chi connectivity index (χ1v) is 12.8. The zero-order valence-corrected chi connectivity index (χ0v) is 20.4. The number of nitrogens with one attached hydrogen (secondary N) is 2. The molecular formula is C25H31BN2O5S. The molecule has 0 bridgehead atoms. The summed E-state index contributed by atoms with van der Waals surface area (Å²) in [6.45, 7) is 5.65. The van der Waals surface area contributed by atoms with E-state index in [4.69, 9.17) is 0 Å². The van der Waals surface area contributed by atoms with Gasteiger partial charge in [0.1, 0.15) is 6.04 Å². The molecule has 0 aromatic heterocycles. The molecule has 4 N–H and O–H groups in total. The predicted molar refractivity (Wildman–Crippen MR) is 135 cm³/mol. The fourth-order valence-electron chi connectivity index (χ4n) is 3.90. The minimum Gasteiger partial charge on any atom is -0.426 e. The zero-order chi connectivity index (χ0) is 24.9. The van der Waals surface area contributed by atoms with E-state index in [9.17, 15) is 23.3 Å². The van der Waals surface area contributed by atoms with Crippen LogP contribution in [0.1, 0.15) is 31.4 Å². The van der Waals surface area contributed by atoms with Gasteiger partial charge in [-0.25, -0.2) is 8.42 Å². The van der Waals surface area contributed by atoms with Crippen molar-refractivity contribution in [3.05, 3.63) is 77.9 Å². The SMILES string of the molecule is Cc1ccc(S(=O)(=O)N[C@@H](Cc2cccc3ccccc23)C(=O)N[C@@H](CC(C)C)B(O)O)cc1. The second kappa shape index (κ2) is 11.1. The number of amides is 1. The molecule has 1 amide bonds. The van der Waals surface area contributed by atoms with Crippen molar-refractivity contribution < 1.29 is 23.3 Å². The third kappa shape index (κ3) is 6.67. The molecule has 3 aromatic rings. The van der Waals surface area contributed by atoms with Gasteiger partial charge in [-0.15, -0.1) is 0 Å². The molecule has 2 atom stereocenters. The molecule has 0 aliphatic rings. The fraction of sp³-hybridized carbons (Fsp3) is 0.320. The summed E-state index contributed by atoms with van der Waals surface area (Å²) >= 11 is 0. The summed E-state index contributed by atoms with van der Waals surface area (Å²) in [5.41, 5.74) is 1.72. The summed E-state index contributed by atoms with van der Waals surface area (Å²) in [7, 11) is -5.78. The molecule has 3 rings (SSSR count). The van der Waals surface area contributed by atoms with Gasteiger partial charge in [-0.1, -0.05) is 74.0 Å². The molecule has 0 fully saturated rings. The quantitative estimate of drug-likeness (QED) is 0.332. The molecule has 0 saturated carbocycles. The lowest BCUT2D eigenvalue weighted by molar-refractivity contribution is -0.123. The van der Waals surface area contributed by atoms with Crippen LogP contribution >= 0.6 is 0 Å². The highest BCUT2D eigenvalue weighted by molar-refractivity contribution is 7.89. The molecule has 7 nitrogen and oxygen atoms in total. The number of hydrogen-bond acceptors (Lipinski definition) is 5. The number of sulfonamides is 1. The van der Waals surface area contributed by atoms with Crippen LogP contribution in [0.4, 0.5) is 0 Å². The van der Waals surface area contributed by atoms with Crippen molar-refractivity contribution in [2.24, 2.45) is 5.92 Å². The number of aryl methyl sites for hydroxylation is 1. The Balaban J connectivity index is 1.95. The Morgan fingerprint density at radius 1 is 0.971 bits per heavy atom. The number of rotatable bonds is 10. The Labute approximate surface area is 201 Å². The standard InChI is InChI=1S/C25H31BN2O5S/c1-17(2)15-24(26(30)31)27-25(29)23(28-34(32,33)21-13-11-18(3)12-14-21)16-20-9-6-8-19-7-4-5-10-22(19)20/h4-14,17,23-24,28,30-31H,15-16H2,1-3H3,(H,27,29)/t23-,24-/m0/s1. The highest BCUT2D eigenvalue weighted by Gasteiger charge is 2.32. The molecular weight excluding hydrogens is 451 g/mol. The highest BCUT2D eigenvalue weighted by Crippen LogP contribution is 2.21. The number of fused-ring (bicyclic) bond motifs is 1. The van der Waals surface area contributed by atoms with Crippen LogP contribution in [0.2, 0.25) is 0 Å². The topological polar surface area (TPSA) is 116 Å². The predicted octanol–water partition coefficient (Wildman–Crippen LogP) is 2.58. The first-order valence-electron chi connectivity index (χ1n) is 11.3. The third-order valence-corrected chi connectivity index (χ3v) is 7.15. The van der Waals surface area contributed by atoms with Gasteiger partial charge in [0.2, 0.25) is 15.9 Å². The third-order valence-electron chi connectivity index (χ3n) is 5.66. The van der Waals surface area contributed by atoms with E-state index in [0.717, 1.165) is 21.9 Å². The summed E-state index contributed by atoms with van der Waals surface area (Å²) in [6.07, 6.45) is 0.420. The number of carbonyl (C=O) groups excluding carboxylic acids is 1. The van der Waals surface area contributed by atoms with E-state index in [-0.39, 0.29) is 17.2 Å². The molecule has 0 aliphatic heterocycles. The van der Waals surface area contributed by atoms with E-state index >= 15 is 0 Å². The summed E-state index contributed by atoms with van der Waals surface area (Å²) in [5.74, 6) is -1.46. The van der Waals surface area contributed by atoms with E-state index in [2.05, 4.69) is 10.0 Å². The number of carbonyl (C=O) groups is 1. The van der Waals surface area contributed by atoms with Crippen LogP contribution in [0.15, 0.2) is 71.6 Å². The molecule has 0 radical (unpaired) electrons. The summed E-state index contributed by atoms with van der Waals surface area (Å²) < 4.78 is 28.8. The van der Waals surface area contributed by atoms with Crippen molar-refractivity contribution in [3.63, 3.8) is 0 Å². The Kier molecular flexibility index (Phi) is 8.49. The van der Waals surface area contributed by atoms with Crippen molar-refractivity contribution in [1.82, 2.24) is 10.0 Å². The van der Waals surface area contributed by atoms with Gasteiger partial charge < -0.3 is 15.4 Å². The van der Waals surface area contributed by atoms with Crippen LogP contribution in [0.25, 0.3) is 10.8 Å². The second-order valence-electron chi connectivity index (χ2n) is 8.99. The average Bonchev–Trinajstić information content (AvgIpc) is 2.78. The van der Waals surface area contributed by atoms with E-state index in [1.807, 2.05) is 63.2 Å². The minimum atomic E-state index is -4.01. The fourth-order valence-corrected chi connectivity index (χ4v) is 5.09. The Morgan fingerprint density at radius 3 is 2.26 bits per heavy atom. The highest BCUT2D eigenvalue weighted by atomic mass is 32.2. The van der Waals surface area contributed by atoms with Gasteiger partial charge in [0.25, 0.3) is 0 Å². The van der Waals surface area contributed by atoms with Crippen LogP contribution in [-0.2, 0) is 21.2 Å². The van der Waals surface area contributed by atoms with Gasteiger partial charge in [-0.3, -0.25) is 4.79 Å². The Morgan fingerprint density at radius 2 is 1.62 bits per heavy atom. The van der Waals surface area contributed by atoms with Crippen LogP contribution in [-0.4, -0.2) is 43.5 Å². The lowest BCUT2D eigenvalue weighted by Gasteiger charge is -2.24. The molecule has 0 heterocycles. The van der Waals surface area contributed by atoms with Gasteiger partial charge in [0.05, 0.1) is 10.8 Å². The normalized spacial score (nSPS) is 13.6. The van der Waals surface area contributed by atoms with Crippen molar-refractivity contribution in [2.75, 3.05) is 0 Å². The number of hydrogen-bond donors (Lipinski definition) is 4. The van der Waals surface area contributed by atoms with Crippen molar-refractivity contribution in [2.45, 2.75) is 50.5 Å². The van der Waals surface area contributed by atoms with Crippen molar-refractivity contribution >= 4 is 33.8 Å². The molecule has 0 aliphatic carbocycles. The van der Waals surface area contributed by atoms with E-state index < -0.39 is 35.0 Å². The monoisotopic (exact) mass is 482 g/mol. The first-order chi connectivity index (χ1) is 16.1. The lowest BCUT2D eigenvalue weighted by Crippen LogP contribution is -2.54. The molecule has 34 heavy (non-hydrogen) atoms. The van der Waals surface area contributed by atoms with Gasteiger partial charge in [0, 0.05) is 0 Å². The average molecular weight is 482 g/mol. The Hall–Kier alpha value is -2.72. The van der Waals surface area contributed by atoms with Crippen molar-refractivity contribution in [3.8, 4) is 0 Å². The van der Waals surface area contributed by atoms with Crippen LogP contribution in [0, 0.1) is 12.8 Å². The minimum absolute atomic E-state index is 0.0507. The molecule has 180 valence electrons. The second-order valence-corrected chi connectivity index (χ2v) is 10.7. The molecule has 0 spiro atoms. The molecule has 9 heteroatoms. The zero-order valence-electron chi connectivity index (χ0n) is 19.6. The largest absolute Gasteiger partial charge is 0.475 e. The number of benzene rings is 3. The van der Waals surface area contributed by atoms with Gasteiger partial charge in [0.15, 0.2) is 0 Å². The van der Waals surface area contributed by atoms with Crippen LogP contribution in [0.5, 0.6) is 0 Å². The Bertz CT molecular complexity index is 1220. The summed E-state index contributed by atoms with van der Waals surface area (Å²) in [4.78, 5) is 13.3. The van der Waals surface area contributed by atoms with Crippen molar-refractivity contribution in [1.29, 1.82) is 0 Å². The molecule has 0 unspecified atom stereocenters. The van der Waals surface area contributed by atoms with E-state index in [0.29, 0.717) is 6.42 Å². The van der Waals surface area contributed by atoms with E-state index in [1.54, 1.807) is 12.1 Å². The maximum Gasteiger partial charge on any atom is 0.475 e. The summed E-state index contributed by atoms with van der Waals surface area (Å²) in [6, 6.07) is 18.5. The lowest BCUT2D eigenvalue weighted by atomic mass is 9.75. The smallest absolute Gasteiger partial charge is 0.426 e. The first kappa shape index (κ1) is 25.9.